The fourth-order valence-corrected chi connectivity index (χ4v) is 3.48. The second-order valence-electron chi connectivity index (χ2n) is 6.85. The van der Waals surface area contributed by atoms with Gasteiger partial charge in [0.15, 0.2) is 17.5 Å². The van der Waals surface area contributed by atoms with Crippen molar-refractivity contribution in [3.63, 3.8) is 0 Å². The first kappa shape index (κ1) is 24.5. The van der Waals surface area contributed by atoms with Crippen LogP contribution in [0.2, 0.25) is 0 Å². The van der Waals surface area contributed by atoms with E-state index in [4.69, 9.17) is 9.47 Å². The summed E-state index contributed by atoms with van der Waals surface area (Å²) in [6, 6.07) is 10.5. The van der Waals surface area contributed by atoms with Gasteiger partial charge < -0.3 is 25.0 Å². The number of nitro groups is 1. The summed E-state index contributed by atoms with van der Waals surface area (Å²) in [7, 11) is 5.06. The number of nitrogens with zero attached hydrogens (tertiary/aromatic N) is 3. The second-order valence-corrected chi connectivity index (χ2v) is 6.85. The predicted molar refractivity (Wildman–Crippen MR) is 132 cm³/mol. The molecule has 0 radical (unpaired) electrons. The van der Waals surface area contributed by atoms with Crippen LogP contribution in [0.3, 0.4) is 0 Å². The first-order valence-corrected chi connectivity index (χ1v) is 9.73. The van der Waals surface area contributed by atoms with Crippen LogP contribution in [0.5, 0.6) is 11.5 Å². The lowest BCUT2D eigenvalue weighted by atomic mass is 9.99. The van der Waals surface area contributed by atoms with Gasteiger partial charge in [-0.15, -0.1) is 24.0 Å². The highest BCUT2D eigenvalue weighted by atomic mass is 127. The summed E-state index contributed by atoms with van der Waals surface area (Å²) in [4.78, 5) is 16.9. The van der Waals surface area contributed by atoms with E-state index in [1.54, 1.807) is 33.4 Å². The molecule has 0 saturated carbocycles. The largest absolute Gasteiger partial charge is 0.493 e. The van der Waals surface area contributed by atoms with Crippen molar-refractivity contribution in [2.75, 3.05) is 46.2 Å². The number of rotatable bonds is 7. The number of nitrogens with one attached hydrogen (secondary N) is 2. The Bertz CT molecular complexity index is 921. The van der Waals surface area contributed by atoms with Gasteiger partial charge in [-0.25, -0.2) is 0 Å². The van der Waals surface area contributed by atoms with Crippen LogP contribution in [0.25, 0.3) is 0 Å². The van der Waals surface area contributed by atoms with Gasteiger partial charge in [0.05, 0.1) is 19.1 Å². The van der Waals surface area contributed by atoms with E-state index >= 15 is 0 Å². The van der Waals surface area contributed by atoms with Crippen molar-refractivity contribution in [2.45, 2.75) is 13.0 Å². The first-order valence-electron chi connectivity index (χ1n) is 9.73. The molecular formula is C21H28IN5O4. The van der Waals surface area contributed by atoms with Crippen LogP contribution < -0.4 is 20.1 Å². The van der Waals surface area contributed by atoms with Crippen LogP contribution in [0.4, 0.5) is 11.4 Å². The van der Waals surface area contributed by atoms with Gasteiger partial charge in [-0.05, 0) is 41.8 Å². The fourth-order valence-electron chi connectivity index (χ4n) is 3.48. The number of halogens is 1. The zero-order valence-electron chi connectivity index (χ0n) is 17.9. The molecule has 0 saturated heterocycles. The Kier molecular flexibility index (Phi) is 9.16. The van der Waals surface area contributed by atoms with Crippen LogP contribution in [0, 0.1) is 10.1 Å². The third-order valence-electron chi connectivity index (χ3n) is 5.04. The summed E-state index contributed by atoms with van der Waals surface area (Å²) in [6.07, 6.45) is 0.900. The van der Waals surface area contributed by atoms with Crippen molar-refractivity contribution < 1.29 is 14.4 Å². The lowest BCUT2D eigenvalue weighted by molar-refractivity contribution is -0.384. The van der Waals surface area contributed by atoms with E-state index in [0.29, 0.717) is 13.1 Å². The van der Waals surface area contributed by atoms with Gasteiger partial charge in [0, 0.05) is 51.0 Å². The molecule has 1 heterocycles. The van der Waals surface area contributed by atoms with Gasteiger partial charge in [0.25, 0.3) is 5.69 Å². The van der Waals surface area contributed by atoms with Gasteiger partial charge in [-0.1, -0.05) is 0 Å². The molecule has 10 heteroatoms. The van der Waals surface area contributed by atoms with Crippen LogP contribution in [0.15, 0.2) is 41.4 Å². The Morgan fingerprint density at radius 3 is 2.35 bits per heavy atom. The van der Waals surface area contributed by atoms with Crippen molar-refractivity contribution in [3.05, 3.63) is 57.6 Å². The normalized spacial score (nSPS) is 13.0. The van der Waals surface area contributed by atoms with E-state index < -0.39 is 4.92 Å². The highest BCUT2D eigenvalue weighted by Crippen LogP contribution is 2.33. The molecular weight excluding hydrogens is 513 g/mol. The summed E-state index contributed by atoms with van der Waals surface area (Å²) < 4.78 is 10.8. The Labute approximate surface area is 199 Å². The monoisotopic (exact) mass is 541 g/mol. The van der Waals surface area contributed by atoms with Crippen LogP contribution in [0.1, 0.15) is 11.1 Å². The van der Waals surface area contributed by atoms with Gasteiger partial charge in [-0.2, -0.15) is 0 Å². The number of benzene rings is 2. The molecule has 2 aromatic rings. The zero-order valence-corrected chi connectivity index (χ0v) is 20.2. The molecule has 2 aromatic carbocycles. The summed E-state index contributed by atoms with van der Waals surface area (Å²) in [5.74, 6) is 2.32. The smallest absolute Gasteiger partial charge is 0.269 e. The number of aliphatic imine (C=N–C) groups is 1. The van der Waals surface area contributed by atoms with Crippen molar-refractivity contribution in [1.29, 1.82) is 0 Å². The minimum atomic E-state index is -0.405. The molecule has 0 atom stereocenters. The Morgan fingerprint density at radius 1 is 1.13 bits per heavy atom. The van der Waals surface area contributed by atoms with E-state index in [0.717, 1.165) is 42.7 Å². The number of nitro benzene ring substituents is 1. The van der Waals surface area contributed by atoms with Crippen LogP contribution in [-0.2, 0) is 13.0 Å². The average Bonchev–Trinajstić information content (AvgIpc) is 2.78. The lowest BCUT2D eigenvalue weighted by Gasteiger charge is -2.32. The average molecular weight is 541 g/mol. The molecule has 31 heavy (non-hydrogen) atoms. The SMILES string of the molecule is CN=C(NCCNc1ccc([N+](=O)[O-])cc1)N1CCc2cc(OC)c(OC)cc2C1.I. The van der Waals surface area contributed by atoms with Crippen molar-refractivity contribution >= 4 is 41.3 Å². The number of hydrogen-bond donors (Lipinski definition) is 2. The van der Waals surface area contributed by atoms with E-state index in [2.05, 4.69) is 26.6 Å². The third kappa shape index (κ3) is 6.12. The molecule has 0 amide bonds. The minimum Gasteiger partial charge on any atom is -0.493 e. The lowest BCUT2D eigenvalue weighted by Crippen LogP contribution is -2.45. The van der Waals surface area contributed by atoms with E-state index in [-0.39, 0.29) is 29.7 Å². The first-order chi connectivity index (χ1) is 14.5. The van der Waals surface area contributed by atoms with E-state index in [9.17, 15) is 10.1 Å². The maximum absolute atomic E-state index is 10.7. The van der Waals surface area contributed by atoms with E-state index in [1.165, 1.54) is 23.3 Å². The van der Waals surface area contributed by atoms with Gasteiger partial charge in [0.1, 0.15) is 0 Å². The maximum Gasteiger partial charge on any atom is 0.269 e. The third-order valence-corrected chi connectivity index (χ3v) is 5.04. The topological polar surface area (TPSA) is 101 Å². The Morgan fingerprint density at radius 2 is 1.77 bits per heavy atom. The molecule has 0 spiro atoms. The predicted octanol–water partition coefficient (Wildman–Crippen LogP) is 3.28. The van der Waals surface area contributed by atoms with E-state index in [1.807, 2.05) is 6.07 Å². The highest BCUT2D eigenvalue weighted by molar-refractivity contribution is 14.0. The number of methoxy groups -OCH3 is 2. The molecule has 2 N–H and O–H groups in total. The zero-order chi connectivity index (χ0) is 21.5. The number of fused-ring (bicyclic) bond motifs is 1. The molecule has 0 aliphatic carbocycles. The van der Waals surface area contributed by atoms with Crippen LogP contribution >= 0.6 is 24.0 Å². The summed E-state index contributed by atoms with van der Waals surface area (Å²) in [6.45, 7) is 2.92. The number of non-ortho nitro benzene ring substituents is 1. The van der Waals surface area contributed by atoms with Gasteiger partial charge >= 0.3 is 0 Å². The molecule has 0 aromatic heterocycles. The van der Waals surface area contributed by atoms with Gasteiger partial charge in [-0.3, -0.25) is 15.1 Å². The number of guanidine groups is 1. The maximum atomic E-state index is 10.7. The molecule has 168 valence electrons. The van der Waals surface area contributed by atoms with Crippen molar-refractivity contribution in [1.82, 2.24) is 10.2 Å². The minimum absolute atomic E-state index is 0. The van der Waals surface area contributed by atoms with Crippen LogP contribution in [-0.4, -0.2) is 56.7 Å². The molecule has 1 aliphatic heterocycles. The Hall–Kier alpha value is -2.76. The quantitative estimate of drug-likeness (QED) is 0.139. The number of anilines is 1. The standard InChI is InChI=1S/C21H27N5O4.HI/c1-22-21(24-10-9-23-17-4-6-18(7-5-17)26(27)28)25-11-8-15-12-19(29-2)20(30-3)13-16(15)14-25;/h4-7,12-13,23H,8-11,14H2,1-3H3,(H,22,24);1H. The molecule has 1 aliphatic rings. The Balaban J connectivity index is 0.00000341. The summed E-state index contributed by atoms with van der Waals surface area (Å²) in [5, 5.41) is 17.3. The molecule has 0 bridgehead atoms. The van der Waals surface area contributed by atoms with Gasteiger partial charge in [0.2, 0.25) is 0 Å². The highest BCUT2D eigenvalue weighted by Gasteiger charge is 2.21. The summed E-state index contributed by atoms with van der Waals surface area (Å²) in [5.41, 5.74) is 3.38. The molecule has 9 nitrogen and oxygen atoms in total. The molecule has 0 fully saturated rings. The number of ether oxygens (including phenoxy) is 2. The molecule has 3 rings (SSSR count). The number of hydrogen-bond acceptors (Lipinski definition) is 6. The second kappa shape index (κ2) is 11.6. The van der Waals surface area contributed by atoms with Crippen molar-refractivity contribution in [3.8, 4) is 11.5 Å². The van der Waals surface area contributed by atoms with Crippen molar-refractivity contribution in [2.24, 2.45) is 4.99 Å². The molecule has 0 unspecified atom stereocenters. The fraction of sp³-hybridized carbons (Fsp3) is 0.381. The summed E-state index contributed by atoms with van der Waals surface area (Å²) >= 11 is 0.